The third kappa shape index (κ3) is 3.96. The van der Waals surface area contributed by atoms with Crippen molar-refractivity contribution < 1.29 is 34.4 Å². The van der Waals surface area contributed by atoms with Gasteiger partial charge in [0.2, 0.25) is 0 Å². The quantitative estimate of drug-likeness (QED) is 0.420. The molecule has 0 unspecified atom stereocenters. The number of aromatic nitrogens is 3. The SMILES string of the molecule is O=P(O)(O)C[C@@H](O)[C@H]1O[C@@H](n2cc(-c3ccccc3)nn2)[C@H](O)[C@@H]1O. The molecular formula is C14H18N3O7P. The molecule has 0 saturated carbocycles. The summed E-state index contributed by atoms with van der Waals surface area (Å²) >= 11 is 0. The van der Waals surface area contributed by atoms with Crippen LogP contribution in [-0.4, -0.2) is 70.7 Å². The van der Waals surface area contributed by atoms with Gasteiger partial charge in [0.25, 0.3) is 0 Å². The van der Waals surface area contributed by atoms with E-state index in [9.17, 15) is 19.9 Å². The van der Waals surface area contributed by atoms with Crippen molar-refractivity contribution in [2.45, 2.75) is 30.6 Å². The van der Waals surface area contributed by atoms with Crippen molar-refractivity contribution >= 4 is 7.60 Å². The summed E-state index contributed by atoms with van der Waals surface area (Å²) in [7, 11) is -4.51. The molecule has 3 rings (SSSR count). The van der Waals surface area contributed by atoms with E-state index < -0.39 is 44.4 Å². The van der Waals surface area contributed by atoms with Gasteiger partial charge in [0.1, 0.15) is 24.0 Å². The maximum Gasteiger partial charge on any atom is 0.328 e. The molecule has 10 nitrogen and oxygen atoms in total. The molecule has 0 radical (unpaired) electrons. The summed E-state index contributed by atoms with van der Waals surface area (Å²) < 4.78 is 17.6. The Labute approximate surface area is 142 Å². The topological polar surface area (TPSA) is 158 Å². The molecule has 1 fully saturated rings. The van der Waals surface area contributed by atoms with Gasteiger partial charge in [-0.2, -0.15) is 0 Å². The standard InChI is InChI=1S/C14H18N3O7P/c18-10(7-25(21,22)23)13-11(19)12(20)14(24-13)17-6-9(15-16-17)8-4-2-1-3-5-8/h1-6,10-14,18-20H,7H2,(H2,21,22,23)/t10-,11+,12-,13-,14-/m1/s1. The van der Waals surface area contributed by atoms with Crippen LogP contribution in [0.15, 0.2) is 36.5 Å². The van der Waals surface area contributed by atoms with Gasteiger partial charge in [-0.15, -0.1) is 5.10 Å². The molecule has 5 N–H and O–H groups in total. The van der Waals surface area contributed by atoms with Crippen LogP contribution in [0.25, 0.3) is 11.3 Å². The average molecular weight is 371 g/mol. The lowest BCUT2D eigenvalue weighted by molar-refractivity contribution is -0.0832. The summed E-state index contributed by atoms with van der Waals surface area (Å²) in [5.41, 5.74) is 1.31. The number of hydrogen-bond donors (Lipinski definition) is 5. The van der Waals surface area contributed by atoms with Gasteiger partial charge in [0.15, 0.2) is 6.23 Å². The van der Waals surface area contributed by atoms with Crippen LogP contribution in [0.2, 0.25) is 0 Å². The second kappa shape index (κ2) is 6.93. The molecule has 11 heteroatoms. The molecule has 5 atom stereocenters. The summed E-state index contributed by atoms with van der Waals surface area (Å²) in [5, 5.41) is 37.9. The van der Waals surface area contributed by atoms with Crippen molar-refractivity contribution in [2.75, 3.05) is 6.16 Å². The third-order valence-electron chi connectivity index (χ3n) is 3.92. The van der Waals surface area contributed by atoms with E-state index >= 15 is 0 Å². The minimum absolute atomic E-state index is 0.519. The van der Waals surface area contributed by atoms with E-state index in [0.717, 1.165) is 5.56 Å². The highest BCUT2D eigenvalue weighted by Crippen LogP contribution is 2.39. The summed E-state index contributed by atoms with van der Waals surface area (Å²) in [6.45, 7) is 0. The Bertz CT molecular complexity index is 765. The van der Waals surface area contributed by atoms with Crippen LogP contribution in [0.5, 0.6) is 0 Å². The van der Waals surface area contributed by atoms with Crippen molar-refractivity contribution in [3.63, 3.8) is 0 Å². The van der Waals surface area contributed by atoms with E-state index in [0.29, 0.717) is 5.69 Å². The molecular weight excluding hydrogens is 353 g/mol. The first-order valence-electron chi connectivity index (χ1n) is 7.48. The zero-order chi connectivity index (χ0) is 18.2. The molecule has 1 aromatic carbocycles. The molecule has 0 bridgehead atoms. The van der Waals surface area contributed by atoms with Crippen LogP contribution >= 0.6 is 7.60 Å². The highest BCUT2D eigenvalue weighted by atomic mass is 31.2. The smallest absolute Gasteiger partial charge is 0.328 e. The number of rotatable bonds is 5. The zero-order valence-electron chi connectivity index (χ0n) is 12.9. The predicted molar refractivity (Wildman–Crippen MR) is 84.3 cm³/mol. The van der Waals surface area contributed by atoms with E-state index in [2.05, 4.69) is 10.3 Å². The molecule has 2 heterocycles. The van der Waals surface area contributed by atoms with Crippen molar-refractivity contribution in [3.05, 3.63) is 36.5 Å². The van der Waals surface area contributed by atoms with Crippen LogP contribution in [0.4, 0.5) is 0 Å². The lowest BCUT2D eigenvalue weighted by Gasteiger charge is -2.21. The Morgan fingerprint density at radius 2 is 1.88 bits per heavy atom. The number of aliphatic hydroxyl groups is 3. The van der Waals surface area contributed by atoms with E-state index in [4.69, 9.17) is 14.5 Å². The summed E-state index contributed by atoms with van der Waals surface area (Å²) in [6.07, 6.45) is -6.51. The van der Waals surface area contributed by atoms with Gasteiger partial charge in [0.05, 0.1) is 18.5 Å². The first kappa shape index (κ1) is 18.2. The Kier molecular flexibility index (Phi) is 5.03. The molecule has 136 valence electrons. The van der Waals surface area contributed by atoms with Gasteiger partial charge in [0, 0.05) is 5.56 Å². The normalized spacial score (nSPS) is 28.2. The Hall–Kier alpha value is -1.65. The second-order valence-electron chi connectivity index (χ2n) is 5.84. The maximum absolute atomic E-state index is 11.0. The molecule has 1 saturated heterocycles. The molecule has 0 amide bonds. The largest absolute Gasteiger partial charge is 0.390 e. The van der Waals surface area contributed by atoms with Gasteiger partial charge in [-0.05, 0) is 0 Å². The summed E-state index contributed by atoms with van der Waals surface area (Å²) in [6, 6.07) is 9.14. The van der Waals surface area contributed by atoms with Gasteiger partial charge >= 0.3 is 7.60 Å². The molecule has 0 aliphatic carbocycles. The fraction of sp³-hybridized carbons (Fsp3) is 0.429. The molecule has 1 aromatic heterocycles. The van der Waals surface area contributed by atoms with Crippen LogP contribution in [0.1, 0.15) is 6.23 Å². The van der Waals surface area contributed by atoms with Gasteiger partial charge < -0.3 is 29.8 Å². The number of hydrogen-bond acceptors (Lipinski definition) is 7. The maximum atomic E-state index is 11.0. The van der Waals surface area contributed by atoms with Gasteiger partial charge in [-0.1, -0.05) is 35.5 Å². The fourth-order valence-corrected chi connectivity index (χ4v) is 3.41. The van der Waals surface area contributed by atoms with Crippen molar-refractivity contribution in [1.29, 1.82) is 0 Å². The Balaban J connectivity index is 1.77. The summed E-state index contributed by atoms with van der Waals surface area (Å²) in [5.74, 6) is 0. The van der Waals surface area contributed by atoms with Crippen LogP contribution in [0.3, 0.4) is 0 Å². The molecule has 0 spiro atoms. The number of benzene rings is 1. The summed E-state index contributed by atoms with van der Waals surface area (Å²) in [4.78, 5) is 17.9. The van der Waals surface area contributed by atoms with Crippen molar-refractivity contribution in [3.8, 4) is 11.3 Å². The molecule has 1 aliphatic rings. The average Bonchev–Trinajstić information content (AvgIpc) is 3.13. The molecule has 2 aromatic rings. The lowest BCUT2D eigenvalue weighted by Crippen LogP contribution is -2.40. The lowest BCUT2D eigenvalue weighted by atomic mass is 10.1. The first-order chi connectivity index (χ1) is 11.8. The highest BCUT2D eigenvalue weighted by Gasteiger charge is 2.48. The van der Waals surface area contributed by atoms with Gasteiger partial charge in [-0.25, -0.2) is 4.68 Å². The van der Waals surface area contributed by atoms with E-state index in [1.54, 1.807) is 0 Å². The number of nitrogens with zero attached hydrogens (tertiary/aromatic N) is 3. The fourth-order valence-electron chi connectivity index (χ4n) is 2.71. The molecule has 1 aliphatic heterocycles. The third-order valence-corrected chi connectivity index (χ3v) is 4.77. The Morgan fingerprint density at radius 3 is 2.52 bits per heavy atom. The van der Waals surface area contributed by atoms with Crippen molar-refractivity contribution in [2.24, 2.45) is 0 Å². The van der Waals surface area contributed by atoms with Crippen LogP contribution in [0, 0.1) is 0 Å². The van der Waals surface area contributed by atoms with E-state index in [-0.39, 0.29) is 0 Å². The number of ether oxygens (including phenoxy) is 1. The molecule has 25 heavy (non-hydrogen) atoms. The van der Waals surface area contributed by atoms with E-state index in [1.165, 1.54) is 10.9 Å². The second-order valence-corrected chi connectivity index (χ2v) is 7.53. The van der Waals surface area contributed by atoms with E-state index in [1.807, 2.05) is 30.3 Å². The van der Waals surface area contributed by atoms with Crippen LogP contribution < -0.4 is 0 Å². The van der Waals surface area contributed by atoms with Gasteiger partial charge in [-0.3, -0.25) is 4.57 Å². The number of aliphatic hydroxyl groups excluding tert-OH is 3. The monoisotopic (exact) mass is 371 g/mol. The minimum Gasteiger partial charge on any atom is -0.390 e. The zero-order valence-corrected chi connectivity index (χ0v) is 13.8. The van der Waals surface area contributed by atoms with Crippen molar-refractivity contribution in [1.82, 2.24) is 15.0 Å². The van der Waals surface area contributed by atoms with Crippen LogP contribution in [-0.2, 0) is 9.30 Å². The highest BCUT2D eigenvalue weighted by molar-refractivity contribution is 7.51. The predicted octanol–water partition coefficient (Wildman–Crippen LogP) is -0.897. The minimum atomic E-state index is -4.51. The first-order valence-corrected chi connectivity index (χ1v) is 9.27. The Morgan fingerprint density at radius 1 is 1.20 bits per heavy atom.